The lowest BCUT2D eigenvalue weighted by Crippen LogP contribution is -2.20. The number of aryl methyl sites for hydroxylation is 1. The Morgan fingerprint density at radius 2 is 2.29 bits per heavy atom. The minimum absolute atomic E-state index is 0.253. The predicted molar refractivity (Wildman–Crippen MR) is 69.6 cm³/mol. The molecule has 1 aromatic heterocycles. The highest BCUT2D eigenvalue weighted by Crippen LogP contribution is 2.18. The summed E-state index contributed by atoms with van der Waals surface area (Å²) in [5.74, 6) is -0.253. The van der Waals surface area contributed by atoms with Crippen LogP contribution in [0.4, 0.5) is 0 Å². The Kier molecular flexibility index (Phi) is 5.77. The van der Waals surface area contributed by atoms with E-state index >= 15 is 0 Å². The standard InChI is InChI=1S/C13H23N3O/c1-3-5-12(15-4-2)11-6-8-16(10-11)9-7-13(14)17/h6,8,10,12,15H,3-5,7,9H2,1-2H3,(H2,14,17). The second-order valence-electron chi connectivity index (χ2n) is 4.30. The summed E-state index contributed by atoms with van der Waals surface area (Å²) in [7, 11) is 0. The molecule has 1 amide bonds. The van der Waals surface area contributed by atoms with Crippen LogP contribution < -0.4 is 11.1 Å². The van der Waals surface area contributed by atoms with E-state index in [4.69, 9.17) is 5.73 Å². The first-order valence-electron chi connectivity index (χ1n) is 6.34. The number of carbonyl (C=O) groups excluding carboxylic acids is 1. The summed E-state index contributed by atoms with van der Waals surface area (Å²) < 4.78 is 2.03. The second kappa shape index (κ2) is 7.12. The maximum absolute atomic E-state index is 10.7. The molecule has 1 aromatic rings. The Morgan fingerprint density at radius 1 is 1.53 bits per heavy atom. The largest absolute Gasteiger partial charge is 0.370 e. The van der Waals surface area contributed by atoms with Crippen LogP contribution >= 0.6 is 0 Å². The molecule has 0 saturated carbocycles. The molecule has 0 spiro atoms. The van der Waals surface area contributed by atoms with E-state index in [1.165, 1.54) is 5.56 Å². The number of hydrogen-bond acceptors (Lipinski definition) is 2. The number of nitrogens with zero attached hydrogens (tertiary/aromatic N) is 1. The van der Waals surface area contributed by atoms with Crippen molar-refractivity contribution in [3.8, 4) is 0 Å². The Balaban J connectivity index is 2.60. The molecule has 0 aliphatic heterocycles. The Bertz CT molecular complexity index is 340. The molecule has 1 unspecified atom stereocenters. The van der Waals surface area contributed by atoms with Crippen LogP contribution in [0.15, 0.2) is 18.5 Å². The summed E-state index contributed by atoms with van der Waals surface area (Å²) in [6.07, 6.45) is 6.80. The lowest BCUT2D eigenvalue weighted by atomic mass is 10.1. The SMILES string of the molecule is CCCC(NCC)c1ccn(CCC(N)=O)c1. The van der Waals surface area contributed by atoms with Gasteiger partial charge in [-0.1, -0.05) is 20.3 Å². The lowest BCUT2D eigenvalue weighted by molar-refractivity contribution is -0.118. The lowest BCUT2D eigenvalue weighted by Gasteiger charge is -2.15. The number of nitrogens with two attached hydrogens (primary N) is 1. The summed E-state index contributed by atoms with van der Waals surface area (Å²) in [6, 6.07) is 2.53. The van der Waals surface area contributed by atoms with E-state index in [0.717, 1.165) is 19.4 Å². The fourth-order valence-corrected chi connectivity index (χ4v) is 1.97. The van der Waals surface area contributed by atoms with Gasteiger partial charge in [-0.05, 0) is 24.6 Å². The van der Waals surface area contributed by atoms with E-state index in [2.05, 4.69) is 31.4 Å². The number of aromatic nitrogens is 1. The van der Waals surface area contributed by atoms with Crippen LogP contribution in [-0.4, -0.2) is 17.0 Å². The molecular weight excluding hydrogens is 214 g/mol. The predicted octanol–water partition coefficient (Wildman–Crippen LogP) is 1.81. The molecule has 0 bridgehead atoms. The third kappa shape index (κ3) is 4.61. The van der Waals surface area contributed by atoms with Crippen LogP contribution in [-0.2, 0) is 11.3 Å². The van der Waals surface area contributed by atoms with Crippen molar-refractivity contribution < 1.29 is 4.79 Å². The van der Waals surface area contributed by atoms with Crippen molar-refractivity contribution in [2.45, 2.75) is 45.7 Å². The number of carbonyl (C=O) groups is 1. The maximum atomic E-state index is 10.7. The summed E-state index contributed by atoms with van der Waals surface area (Å²) in [6.45, 7) is 5.94. The molecule has 0 aliphatic carbocycles. The van der Waals surface area contributed by atoms with Gasteiger partial charge in [0.15, 0.2) is 0 Å². The van der Waals surface area contributed by atoms with Gasteiger partial charge in [0.25, 0.3) is 0 Å². The Hall–Kier alpha value is -1.29. The van der Waals surface area contributed by atoms with Gasteiger partial charge in [0.1, 0.15) is 0 Å². The fourth-order valence-electron chi connectivity index (χ4n) is 1.97. The Morgan fingerprint density at radius 3 is 2.88 bits per heavy atom. The number of nitrogens with one attached hydrogen (secondary N) is 1. The van der Waals surface area contributed by atoms with Crippen molar-refractivity contribution in [2.75, 3.05) is 6.54 Å². The third-order valence-corrected chi connectivity index (χ3v) is 2.82. The zero-order valence-corrected chi connectivity index (χ0v) is 10.8. The first kappa shape index (κ1) is 13.8. The monoisotopic (exact) mass is 237 g/mol. The van der Waals surface area contributed by atoms with Gasteiger partial charge in [0.05, 0.1) is 0 Å². The van der Waals surface area contributed by atoms with Crippen molar-refractivity contribution in [2.24, 2.45) is 5.73 Å². The van der Waals surface area contributed by atoms with E-state index in [-0.39, 0.29) is 5.91 Å². The highest BCUT2D eigenvalue weighted by atomic mass is 16.1. The van der Waals surface area contributed by atoms with Gasteiger partial charge >= 0.3 is 0 Å². The molecule has 0 fully saturated rings. The number of hydrogen-bond donors (Lipinski definition) is 2. The van der Waals surface area contributed by atoms with E-state index in [1.54, 1.807) is 0 Å². The molecule has 4 nitrogen and oxygen atoms in total. The summed E-state index contributed by atoms with van der Waals surface area (Å²) >= 11 is 0. The van der Waals surface area contributed by atoms with Crippen molar-refractivity contribution in [1.82, 2.24) is 9.88 Å². The molecule has 1 heterocycles. The van der Waals surface area contributed by atoms with Gasteiger partial charge in [0, 0.05) is 31.4 Å². The molecule has 0 saturated heterocycles. The Labute approximate surface area is 103 Å². The van der Waals surface area contributed by atoms with Crippen LogP contribution in [0.25, 0.3) is 0 Å². The van der Waals surface area contributed by atoms with Crippen LogP contribution in [0.1, 0.15) is 44.7 Å². The van der Waals surface area contributed by atoms with Gasteiger partial charge in [-0.25, -0.2) is 0 Å². The van der Waals surface area contributed by atoms with Gasteiger partial charge in [-0.2, -0.15) is 0 Å². The molecule has 1 atom stereocenters. The molecule has 96 valence electrons. The number of rotatable bonds is 8. The fraction of sp³-hybridized carbons (Fsp3) is 0.615. The molecule has 0 aromatic carbocycles. The maximum Gasteiger partial charge on any atom is 0.219 e. The third-order valence-electron chi connectivity index (χ3n) is 2.82. The zero-order valence-electron chi connectivity index (χ0n) is 10.8. The molecular formula is C13H23N3O. The highest BCUT2D eigenvalue weighted by molar-refractivity contribution is 5.73. The molecule has 4 heteroatoms. The second-order valence-corrected chi connectivity index (χ2v) is 4.30. The van der Waals surface area contributed by atoms with Crippen molar-refractivity contribution in [1.29, 1.82) is 0 Å². The summed E-state index contributed by atoms with van der Waals surface area (Å²) in [5, 5.41) is 3.47. The van der Waals surface area contributed by atoms with Crippen molar-refractivity contribution in [3.05, 3.63) is 24.0 Å². The normalized spacial score (nSPS) is 12.6. The van der Waals surface area contributed by atoms with E-state index in [9.17, 15) is 4.79 Å². The smallest absolute Gasteiger partial charge is 0.219 e. The quantitative estimate of drug-likeness (QED) is 0.724. The zero-order chi connectivity index (χ0) is 12.7. The molecule has 0 radical (unpaired) electrons. The molecule has 0 aliphatic rings. The van der Waals surface area contributed by atoms with Crippen molar-refractivity contribution >= 4 is 5.91 Å². The van der Waals surface area contributed by atoms with Crippen LogP contribution in [0.5, 0.6) is 0 Å². The minimum Gasteiger partial charge on any atom is -0.370 e. The molecule has 1 rings (SSSR count). The topological polar surface area (TPSA) is 60.1 Å². The average Bonchev–Trinajstić information content (AvgIpc) is 2.74. The summed E-state index contributed by atoms with van der Waals surface area (Å²) in [4.78, 5) is 10.7. The molecule has 17 heavy (non-hydrogen) atoms. The molecule has 3 N–H and O–H groups in total. The first-order valence-corrected chi connectivity index (χ1v) is 6.34. The van der Waals surface area contributed by atoms with E-state index in [1.807, 2.05) is 10.8 Å². The van der Waals surface area contributed by atoms with Crippen LogP contribution in [0.2, 0.25) is 0 Å². The summed E-state index contributed by atoms with van der Waals surface area (Å²) in [5.41, 5.74) is 6.43. The average molecular weight is 237 g/mol. The first-order chi connectivity index (χ1) is 8.17. The van der Waals surface area contributed by atoms with Gasteiger partial charge < -0.3 is 15.6 Å². The highest BCUT2D eigenvalue weighted by Gasteiger charge is 2.10. The van der Waals surface area contributed by atoms with E-state index in [0.29, 0.717) is 19.0 Å². The van der Waals surface area contributed by atoms with Crippen molar-refractivity contribution in [3.63, 3.8) is 0 Å². The van der Waals surface area contributed by atoms with Gasteiger partial charge in [0.2, 0.25) is 5.91 Å². The van der Waals surface area contributed by atoms with Crippen LogP contribution in [0, 0.1) is 0 Å². The number of primary amides is 1. The van der Waals surface area contributed by atoms with Gasteiger partial charge in [-0.3, -0.25) is 4.79 Å². The van der Waals surface area contributed by atoms with Gasteiger partial charge in [-0.15, -0.1) is 0 Å². The number of amides is 1. The van der Waals surface area contributed by atoms with E-state index < -0.39 is 0 Å². The minimum atomic E-state index is -0.253. The van der Waals surface area contributed by atoms with Crippen LogP contribution in [0.3, 0.4) is 0 Å².